The number of nitrogens with zero attached hydrogens (tertiary/aromatic N) is 2. The van der Waals surface area contributed by atoms with E-state index in [1.807, 2.05) is 67.8 Å². The summed E-state index contributed by atoms with van der Waals surface area (Å²) in [6.07, 6.45) is 0. The molecule has 0 saturated heterocycles. The van der Waals surface area contributed by atoms with E-state index < -0.39 is 0 Å². The zero-order valence-electron chi connectivity index (χ0n) is 16.9. The summed E-state index contributed by atoms with van der Waals surface area (Å²) < 4.78 is 2.14. The number of nitrogens with one attached hydrogen (secondary N) is 1. The van der Waals surface area contributed by atoms with E-state index in [4.69, 9.17) is 4.98 Å². The second kappa shape index (κ2) is 8.45. The Bertz CT molecular complexity index is 1270. The fraction of sp³-hybridized carbons (Fsp3) is 0.174. The average Bonchev–Trinajstić information content (AvgIpc) is 3.17. The summed E-state index contributed by atoms with van der Waals surface area (Å²) in [5, 5.41) is 5.48. The Labute approximate surface area is 182 Å². The van der Waals surface area contributed by atoms with Crippen LogP contribution in [0.3, 0.4) is 0 Å². The van der Waals surface area contributed by atoms with Crippen LogP contribution in [0.1, 0.15) is 11.1 Å². The van der Waals surface area contributed by atoms with Gasteiger partial charge in [-0.3, -0.25) is 14.2 Å². The second-order valence-electron chi connectivity index (χ2n) is 7.06. The Hall–Kier alpha value is -2.90. The Kier molecular flexibility index (Phi) is 5.74. The second-order valence-corrected chi connectivity index (χ2v) is 8.88. The normalized spacial score (nSPS) is 11.0. The van der Waals surface area contributed by atoms with Gasteiger partial charge in [0.25, 0.3) is 5.56 Å². The first-order valence-corrected chi connectivity index (χ1v) is 11.3. The van der Waals surface area contributed by atoms with Gasteiger partial charge in [-0.2, -0.15) is 0 Å². The van der Waals surface area contributed by atoms with Gasteiger partial charge < -0.3 is 5.32 Å². The van der Waals surface area contributed by atoms with Crippen LogP contribution in [0, 0.1) is 13.8 Å². The molecule has 0 aliphatic heterocycles. The van der Waals surface area contributed by atoms with Crippen LogP contribution < -0.4 is 10.9 Å². The number of rotatable bonds is 5. The van der Waals surface area contributed by atoms with Gasteiger partial charge in [-0.15, -0.1) is 11.3 Å². The first-order chi connectivity index (χ1) is 14.5. The van der Waals surface area contributed by atoms with Gasteiger partial charge in [0.2, 0.25) is 5.91 Å². The van der Waals surface area contributed by atoms with Gasteiger partial charge in [-0.05, 0) is 30.5 Å². The van der Waals surface area contributed by atoms with Crippen molar-refractivity contribution in [1.82, 2.24) is 9.55 Å². The van der Waals surface area contributed by atoms with Crippen LogP contribution in [0.25, 0.3) is 21.3 Å². The van der Waals surface area contributed by atoms with Gasteiger partial charge in [-0.25, -0.2) is 4.98 Å². The quantitative estimate of drug-likeness (QED) is 0.354. The Balaban J connectivity index is 1.60. The zero-order valence-corrected chi connectivity index (χ0v) is 18.6. The van der Waals surface area contributed by atoms with Crippen LogP contribution in [0.5, 0.6) is 0 Å². The predicted octanol–water partition coefficient (Wildman–Crippen LogP) is 5.01. The molecular formula is C23H21N3O2S2. The summed E-state index contributed by atoms with van der Waals surface area (Å²) in [6.45, 7) is 3.94. The number of aromatic nitrogens is 2. The summed E-state index contributed by atoms with van der Waals surface area (Å²) in [5.41, 5.74) is 5.43. The minimum Gasteiger partial charge on any atom is -0.325 e. The third-order valence-corrected chi connectivity index (χ3v) is 6.91. The van der Waals surface area contributed by atoms with Crippen LogP contribution in [0.15, 0.2) is 63.9 Å². The molecule has 0 fully saturated rings. The van der Waals surface area contributed by atoms with Gasteiger partial charge >= 0.3 is 0 Å². The van der Waals surface area contributed by atoms with Crippen molar-refractivity contribution >= 4 is 44.9 Å². The lowest BCUT2D eigenvalue weighted by Gasteiger charge is -2.12. The number of amides is 1. The van der Waals surface area contributed by atoms with Gasteiger partial charge in [-0.1, -0.05) is 60.3 Å². The van der Waals surface area contributed by atoms with Crippen molar-refractivity contribution in [2.75, 3.05) is 11.1 Å². The summed E-state index contributed by atoms with van der Waals surface area (Å²) in [7, 11) is 1.70. The molecule has 0 unspecified atom stereocenters. The summed E-state index contributed by atoms with van der Waals surface area (Å²) in [4.78, 5) is 30.1. The summed E-state index contributed by atoms with van der Waals surface area (Å²) >= 11 is 2.67. The van der Waals surface area contributed by atoms with Gasteiger partial charge in [0.15, 0.2) is 5.16 Å². The number of fused-ring (bicyclic) bond motifs is 1. The zero-order chi connectivity index (χ0) is 21.3. The van der Waals surface area contributed by atoms with E-state index in [9.17, 15) is 9.59 Å². The molecule has 0 spiro atoms. The van der Waals surface area contributed by atoms with Crippen molar-refractivity contribution in [2.45, 2.75) is 19.0 Å². The van der Waals surface area contributed by atoms with Crippen LogP contribution in [-0.2, 0) is 11.8 Å². The highest BCUT2D eigenvalue weighted by molar-refractivity contribution is 7.99. The molecule has 4 rings (SSSR count). The van der Waals surface area contributed by atoms with Crippen LogP contribution in [-0.4, -0.2) is 21.2 Å². The molecule has 0 bridgehead atoms. The van der Waals surface area contributed by atoms with Crippen molar-refractivity contribution < 1.29 is 4.79 Å². The number of hydrogen-bond donors (Lipinski definition) is 1. The lowest BCUT2D eigenvalue weighted by Crippen LogP contribution is -2.21. The Morgan fingerprint density at radius 1 is 1.10 bits per heavy atom. The SMILES string of the molecule is Cc1cccc(C)c1NC(=O)CSc1nc2c(-c3ccccc3)csc2c(=O)n1C. The molecule has 1 amide bonds. The molecule has 0 aliphatic carbocycles. The van der Waals surface area contributed by atoms with E-state index in [0.717, 1.165) is 27.9 Å². The number of anilines is 1. The molecule has 2 heterocycles. The Morgan fingerprint density at radius 2 is 1.80 bits per heavy atom. The minimum atomic E-state index is -0.125. The molecule has 4 aromatic rings. The van der Waals surface area contributed by atoms with Crippen molar-refractivity contribution in [2.24, 2.45) is 7.05 Å². The molecular weight excluding hydrogens is 414 g/mol. The Morgan fingerprint density at radius 3 is 2.50 bits per heavy atom. The number of hydrogen-bond acceptors (Lipinski definition) is 5. The number of carbonyl (C=O) groups excluding carboxylic acids is 1. The van der Waals surface area contributed by atoms with Crippen LogP contribution in [0.2, 0.25) is 0 Å². The summed E-state index contributed by atoms with van der Waals surface area (Å²) in [5.74, 6) is 0.0463. The van der Waals surface area contributed by atoms with Crippen molar-refractivity contribution in [3.05, 3.63) is 75.4 Å². The maximum absolute atomic E-state index is 12.8. The number of benzene rings is 2. The highest BCUT2D eigenvalue weighted by Gasteiger charge is 2.16. The molecule has 7 heteroatoms. The molecule has 5 nitrogen and oxygen atoms in total. The molecule has 0 saturated carbocycles. The lowest BCUT2D eigenvalue weighted by molar-refractivity contribution is -0.113. The molecule has 0 aliphatic rings. The van der Waals surface area contributed by atoms with Gasteiger partial charge in [0.1, 0.15) is 4.70 Å². The average molecular weight is 436 g/mol. The first kappa shape index (κ1) is 20.4. The van der Waals surface area contributed by atoms with E-state index >= 15 is 0 Å². The third kappa shape index (κ3) is 3.91. The van der Waals surface area contributed by atoms with Crippen molar-refractivity contribution in [3.63, 3.8) is 0 Å². The molecule has 0 radical (unpaired) electrons. The number of carbonyl (C=O) groups is 1. The highest BCUT2D eigenvalue weighted by atomic mass is 32.2. The minimum absolute atomic E-state index is 0.0927. The smallest absolute Gasteiger partial charge is 0.271 e. The van der Waals surface area contributed by atoms with E-state index in [-0.39, 0.29) is 17.2 Å². The molecule has 0 atom stereocenters. The number of thioether (sulfide) groups is 1. The topological polar surface area (TPSA) is 64.0 Å². The van der Waals surface area contributed by atoms with Gasteiger partial charge in [0.05, 0.1) is 11.3 Å². The van der Waals surface area contributed by atoms with E-state index in [0.29, 0.717) is 15.4 Å². The molecule has 1 N–H and O–H groups in total. The van der Waals surface area contributed by atoms with Crippen molar-refractivity contribution in [3.8, 4) is 11.1 Å². The molecule has 30 heavy (non-hydrogen) atoms. The van der Waals surface area contributed by atoms with Crippen molar-refractivity contribution in [1.29, 1.82) is 0 Å². The van der Waals surface area contributed by atoms with E-state index in [2.05, 4.69) is 5.32 Å². The maximum atomic E-state index is 12.8. The van der Waals surface area contributed by atoms with Crippen LogP contribution in [0.4, 0.5) is 5.69 Å². The van der Waals surface area contributed by atoms with Crippen LogP contribution >= 0.6 is 23.1 Å². The highest BCUT2D eigenvalue weighted by Crippen LogP contribution is 2.32. The molecule has 2 aromatic carbocycles. The van der Waals surface area contributed by atoms with Gasteiger partial charge in [0, 0.05) is 23.7 Å². The number of aryl methyl sites for hydroxylation is 2. The summed E-state index contributed by atoms with van der Waals surface area (Å²) in [6, 6.07) is 15.8. The standard InChI is InChI=1S/C23H21N3O2S2/c1-14-8-7-9-15(2)19(14)24-18(27)13-30-23-25-20-17(16-10-5-4-6-11-16)12-29-21(20)22(28)26(23)3/h4-12H,13H2,1-3H3,(H,24,27). The predicted molar refractivity (Wildman–Crippen MR) is 126 cm³/mol. The maximum Gasteiger partial charge on any atom is 0.271 e. The fourth-order valence-corrected chi connectivity index (χ4v) is 5.05. The lowest BCUT2D eigenvalue weighted by atomic mass is 10.1. The fourth-order valence-electron chi connectivity index (χ4n) is 3.29. The largest absolute Gasteiger partial charge is 0.325 e. The number of para-hydroxylation sites is 1. The van der Waals surface area contributed by atoms with E-state index in [1.54, 1.807) is 7.05 Å². The monoisotopic (exact) mass is 435 g/mol. The third-order valence-electron chi connectivity index (χ3n) is 4.92. The number of thiophene rings is 1. The molecule has 2 aromatic heterocycles. The molecule has 152 valence electrons. The van der Waals surface area contributed by atoms with E-state index in [1.165, 1.54) is 27.7 Å². The first-order valence-electron chi connectivity index (χ1n) is 9.48.